The molecule has 0 spiro atoms. The third-order valence-electron chi connectivity index (χ3n) is 3.01. The van der Waals surface area contributed by atoms with Crippen LogP contribution in [0.1, 0.15) is 5.56 Å². The van der Waals surface area contributed by atoms with Gasteiger partial charge in [0.15, 0.2) is 0 Å². The minimum Gasteiger partial charge on any atom is -0.467 e. The summed E-state index contributed by atoms with van der Waals surface area (Å²) >= 11 is 0. The van der Waals surface area contributed by atoms with Crippen molar-refractivity contribution in [1.82, 2.24) is 10.3 Å². The highest BCUT2D eigenvalue weighted by molar-refractivity contribution is 5.92. The number of anilines is 1. The van der Waals surface area contributed by atoms with E-state index in [0.29, 0.717) is 12.1 Å². The summed E-state index contributed by atoms with van der Waals surface area (Å²) < 4.78 is 4.74. The lowest BCUT2D eigenvalue weighted by Crippen LogP contribution is -2.45. The van der Waals surface area contributed by atoms with Crippen molar-refractivity contribution in [1.29, 1.82) is 0 Å². The zero-order valence-corrected chi connectivity index (χ0v) is 12.2. The Morgan fingerprint density at radius 1 is 1.14 bits per heavy atom. The standard InChI is InChI=1S/C16H17N3O3/c1-22-15(20)14(11-12-5-3-2-4-6-12)19-16(21)18-13-7-9-17-10-8-13/h2-10,14H,11H2,1H3,(H2,17,18,19,21). The number of nitrogens with one attached hydrogen (secondary N) is 2. The van der Waals surface area contributed by atoms with E-state index in [1.54, 1.807) is 24.5 Å². The summed E-state index contributed by atoms with van der Waals surface area (Å²) in [7, 11) is 1.29. The summed E-state index contributed by atoms with van der Waals surface area (Å²) in [5.74, 6) is -0.492. The number of methoxy groups -OCH3 is 1. The number of esters is 1. The van der Waals surface area contributed by atoms with Gasteiger partial charge in [-0.25, -0.2) is 9.59 Å². The molecule has 0 aliphatic rings. The number of hydrogen-bond donors (Lipinski definition) is 2. The van der Waals surface area contributed by atoms with Crippen LogP contribution in [-0.2, 0) is 16.0 Å². The highest BCUT2D eigenvalue weighted by Gasteiger charge is 2.21. The number of rotatable bonds is 5. The Labute approximate surface area is 128 Å². The molecule has 1 heterocycles. The van der Waals surface area contributed by atoms with Gasteiger partial charge in [0.25, 0.3) is 0 Å². The second-order valence-electron chi connectivity index (χ2n) is 4.60. The fraction of sp³-hybridized carbons (Fsp3) is 0.188. The summed E-state index contributed by atoms with van der Waals surface area (Å²) in [4.78, 5) is 27.7. The van der Waals surface area contributed by atoms with E-state index in [2.05, 4.69) is 15.6 Å². The minimum absolute atomic E-state index is 0.358. The largest absolute Gasteiger partial charge is 0.467 e. The van der Waals surface area contributed by atoms with Crippen molar-refractivity contribution in [2.24, 2.45) is 0 Å². The molecule has 0 aliphatic heterocycles. The Balaban J connectivity index is 2.00. The summed E-state index contributed by atoms with van der Waals surface area (Å²) in [5.41, 5.74) is 1.53. The number of amides is 2. The smallest absolute Gasteiger partial charge is 0.328 e. The number of pyridine rings is 1. The van der Waals surface area contributed by atoms with Crippen molar-refractivity contribution < 1.29 is 14.3 Å². The summed E-state index contributed by atoms with van der Waals surface area (Å²) in [6.07, 6.45) is 3.49. The van der Waals surface area contributed by atoms with Crippen molar-refractivity contribution >= 4 is 17.7 Å². The molecule has 0 aliphatic carbocycles. The Kier molecular flexibility index (Phi) is 5.48. The molecule has 2 N–H and O–H groups in total. The second-order valence-corrected chi connectivity index (χ2v) is 4.60. The predicted molar refractivity (Wildman–Crippen MR) is 82.3 cm³/mol. The van der Waals surface area contributed by atoms with Crippen molar-refractivity contribution in [3.05, 3.63) is 60.4 Å². The SMILES string of the molecule is COC(=O)C(Cc1ccccc1)NC(=O)Nc1ccncc1. The fourth-order valence-electron chi connectivity index (χ4n) is 1.95. The molecule has 6 heteroatoms. The van der Waals surface area contributed by atoms with E-state index in [-0.39, 0.29) is 0 Å². The number of benzene rings is 1. The zero-order valence-electron chi connectivity index (χ0n) is 12.2. The molecule has 114 valence electrons. The monoisotopic (exact) mass is 299 g/mol. The van der Waals surface area contributed by atoms with E-state index >= 15 is 0 Å². The lowest BCUT2D eigenvalue weighted by atomic mass is 10.1. The number of hydrogen-bond acceptors (Lipinski definition) is 4. The molecule has 2 amide bonds. The van der Waals surface area contributed by atoms with Gasteiger partial charge < -0.3 is 15.4 Å². The highest BCUT2D eigenvalue weighted by atomic mass is 16.5. The molecule has 22 heavy (non-hydrogen) atoms. The second kappa shape index (κ2) is 7.78. The molecular formula is C16H17N3O3. The minimum atomic E-state index is -0.755. The molecule has 1 unspecified atom stereocenters. The Morgan fingerprint density at radius 2 is 1.82 bits per heavy atom. The van der Waals surface area contributed by atoms with Crippen LogP contribution < -0.4 is 10.6 Å². The molecule has 1 aromatic carbocycles. The molecule has 0 saturated carbocycles. The molecule has 2 rings (SSSR count). The lowest BCUT2D eigenvalue weighted by molar-refractivity contribution is -0.142. The topological polar surface area (TPSA) is 80.3 Å². The van der Waals surface area contributed by atoms with Crippen LogP contribution in [0.15, 0.2) is 54.9 Å². The Bertz CT molecular complexity index is 617. The van der Waals surface area contributed by atoms with Crippen molar-refractivity contribution in [2.75, 3.05) is 12.4 Å². The first-order valence-corrected chi connectivity index (χ1v) is 6.78. The van der Waals surface area contributed by atoms with E-state index in [1.165, 1.54) is 7.11 Å². The fourth-order valence-corrected chi connectivity index (χ4v) is 1.95. The van der Waals surface area contributed by atoms with Gasteiger partial charge in [-0.1, -0.05) is 30.3 Å². The average Bonchev–Trinajstić information content (AvgIpc) is 2.55. The molecule has 0 radical (unpaired) electrons. The molecule has 0 bridgehead atoms. The van der Waals surface area contributed by atoms with Gasteiger partial charge in [0.05, 0.1) is 7.11 Å². The molecule has 2 aromatic rings. The van der Waals surface area contributed by atoms with Crippen LogP contribution in [-0.4, -0.2) is 30.1 Å². The zero-order chi connectivity index (χ0) is 15.8. The molecule has 0 fully saturated rings. The van der Waals surface area contributed by atoms with E-state index in [4.69, 9.17) is 4.74 Å². The van der Waals surface area contributed by atoms with Gasteiger partial charge in [0, 0.05) is 24.5 Å². The summed E-state index contributed by atoms with van der Waals surface area (Å²) in [6, 6.07) is 11.5. The maximum atomic E-state index is 12.0. The third kappa shape index (κ3) is 4.59. The Hall–Kier alpha value is -2.89. The van der Waals surface area contributed by atoms with Crippen LogP contribution in [0, 0.1) is 0 Å². The number of carbonyl (C=O) groups excluding carboxylic acids is 2. The van der Waals surface area contributed by atoms with Gasteiger partial charge in [-0.2, -0.15) is 0 Å². The third-order valence-corrected chi connectivity index (χ3v) is 3.01. The molecule has 1 atom stereocenters. The Morgan fingerprint density at radius 3 is 2.45 bits per heavy atom. The number of ether oxygens (including phenoxy) is 1. The van der Waals surface area contributed by atoms with E-state index in [9.17, 15) is 9.59 Å². The molecule has 0 saturated heterocycles. The normalized spacial score (nSPS) is 11.3. The van der Waals surface area contributed by atoms with E-state index in [0.717, 1.165) is 5.56 Å². The van der Waals surface area contributed by atoms with Gasteiger partial charge in [-0.15, -0.1) is 0 Å². The van der Waals surface area contributed by atoms with Crippen molar-refractivity contribution in [3.63, 3.8) is 0 Å². The van der Waals surface area contributed by atoms with E-state index in [1.807, 2.05) is 30.3 Å². The van der Waals surface area contributed by atoms with Crippen LogP contribution >= 0.6 is 0 Å². The van der Waals surface area contributed by atoms with Crippen LogP contribution in [0.25, 0.3) is 0 Å². The quantitative estimate of drug-likeness (QED) is 0.827. The summed E-state index contributed by atoms with van der Waals surface area (Å²) in [5, 5.41) is 5.26. The first-order valence-electron chi connectivity index (χ1n) is 6.78. The number of urea groups is 1. The van der Waals surface area contributed by atoms with Gasteiger partial charge in [-0.3, -0.25) is 4.98 Å². The van der Waals surface area contributed by atoms with Crippen LogP contribution in [0.3, 0.4) is 0 Å². The lowest BCUT2D eigenvalue weighted by Gasteiger charge is -2.17. The molecule has 6 nitrogen and oxygen atoms in total. The van der Waals surface area contributed by atoms with Crippen LogP contribution in [0.4, 0.5) is 10.5 Å². The number of nitrogens with zero attached hydrogens (tertiary/aromatic N) is 1. The van der Waals surface area contributed by atoms with Crippen molar-refractivity contribution in [3.8, 4) is 0 Å². The number of aromatic nitrogens is 1. The first-order chi connectivity index (χ1) is 10.7. The van der Waals surface area contributed by atoms with E-state index < -0.39 is 18.0 Å². The highest BCUT2D eigenvalue weighted by Crippen LogP contribution is 2.06. The summed E-state index contributed by atoms with van der Waals surface area (Å²) in [6.45, 7) is 0. The van der Waals surface area contributed by atoms with Gasteiger partial charge in [-0.05, 0) is 17.7 Å². The maximum Gasteiger partial charge on any atom is 0.328 e. The van der Waals surface area contributed by atoms with Crippen LogP contribution in [0.2, 0.25) is 0 Å². The average molecular weight is 299 g/mol. The van der Waals surface area contributed by atoms with Gasteiger partial charge >= 0.3 is 12.0 Å². The van der Waals surface area contributed by atoms with Crippen molar-refractivity contribution in [2.45, 2.75) is 12.5 Å². The molecule has 1 aromatic heterocycles. The predicted octanol–water partition coefficient (Wildman–Crippen LogP) is 1.99. The number of carbonyl (C=O) groups is 2. The molecular weight excluding hydrogens is 282 g/mol. The van der Waals surface area contributed by atoms with Gasteiger partial charge in [0.2, 0.25) is 0 Å². The maximum absolute atomic E-state index is 12.0. The van der Waals surface area contributed by atoms with Gasteiger partial charge in [0.1, 0.15) is 6.04 Å². The van der Waals surface area contributed by atoms with Crippen LogP contribution in [0.5, 0.6) is 0 Å². The first kappa shape index (κ1) is 15.5.